The molecule has 160 valence electrons. The zero-order chi connectivity index (χ0) is 22.4. The molecule has 0 fully saturated rings. The Kier molecular flexibility index (Phi) is 4.74. The fourth-order valence-electron chi connectivity index (χ4n) is 6.76. The third kappa shape index (κ3) is 2.93. The summed E-state index contributed by atoms with van der Waals surface area (Å²) in [7, 11) is 0. The molecule has 33 heavy (non-hydrogen) atoms. The largest absolute Gasteiger partial charge is 0.120 e. The van der Waals surface area contributed by atoms with Gasteiger partial charge in [0.05, 0.1) is 0 Å². The molecule has 0 amide bonds. The molecule has 2 aliphatic rings. The molecule has 0 aliphatic heterocycles. The van der Waals surface area contributed by atoms with E-state index in [4.69, 9.17) is 6.42 Å². The van der Waals surface area contributed by atoms with Crippen LogP contribution in [0.4, 0.5) is 0 Å². The van der Waals surface area contributed by atoms with Gasteiger partial charge in [0.1, 0.15) is 0 Å². The van der Waals surface area contributed by atoms with Crippen LogP contribution in [0.15, 0.2) is 97.1 Å². The summed E-state index contributed by atoms with van der Waals surface area (Å²) in [6.07, 6.45) is 8.66. The Morgan fingerprint density at radius 1 is 0.606 bits per heavy atom. The minimum absolute atomic E-state index is 0.0116. The maximum Gasteiger partial charge on any atom is 0.0164 e. The lowest BCUT2D eigenvalue weighted by molar-refractivity contribution is 0.221. The van der Waals surface area contributed by atoms with Gasteiger partial charge in [-0.25, -0.2) is 0 Å². The van der Waals surface area contributed by atoms with Crippen molar-refractivity contribution in [3.63, 3.8) is 0 Å². The van der Waals surface area contributed by atoms with E-state index in [1.54, 1.807) is 0 Å². The van der Waals surface area contributed by atoms with Gasteiger partial charge < -0.3 is 0 Å². The summed E-state index contributed by atoms with van der Waals surface area (Å²) >= 11 is 0. The highest BCUT2D eigenvalue weighted by molar-refractivity contribution is 5.82. The van der Waals surface area contributed by atoms with Crippen molar-refractivity contribution in [3.8, 4) is 34.6 Å². The zero-order valence-corrected chi connectivity index (χ0v) is 19.1. The summed E-state index contributed by atoms with van der Waals surface area (Å²) in [5.74, 6) is 3.55. The summed E-state index contributed by atoms with van der Waals surface area (Å²) in [4.78, 5) is 0. The van der Waals surface area contributed by atoms with E-state index in [9.17, 15) is 0 Å². The average Bonchev–Trinajstić information content (AvgIpc) is 3.38. The zero-order valence-electron chi connectivity index (χ0n) is 19.1. The van der Waals surface area contributed by atoms with Gasteiger partial charge >= 0.3 is 0 Å². The maximum atomic E-state index is 5.72. The van der Waals surface area contributed by atoms with E-state index in [0.717, 1.165) is 19.3 Å². The van der Waals surface area contributed by atoms with Crippen molar-refractivity contribution in [2.75, 3.05) is 0 Å². The summed E-state index contributed by atoms with van der Waals surface area (Å²) in [6.45, 7) is 2.52. The van der Waals surface area contributed by atoms with Crippen molar-refractivity contribution in [1.82, 2.24) is 0 Å². The summed E-state index contributed by atoms with van der Waals surface area (Å²) in [5.41, 5.74) is 11.4. The third-order valence-corrected chi connectivity index (χ3v) is 8.02. The lowest BCUT2D eigenvalue weighted by atomic mass is 9.59. The van der Waals surface area contributed by atoms with Crippen LogP contribution in [0.25, 0.3) is 22.3 Å². The van der Waals surface area contributed by atoms with Gasteiger partial charge in [-0.1, -0.05) is 104 Å². The smallest absolute Gasteiger partial charge is 0.0164 e. The van der Waals surface area contributed by atoms with Crippen LogP contribution in [0.1, 0.15) is 60.3 Å². The molecule has 6 rings (SSSR count). The molecule has 0 saturated carbocycles. The summed E-state index contributed by atoms with van der Waals surface area (Å²) in [5, 5.41) is 0. The Balaban J connectivity index is 1.61. The van der Waals surface area contributed by atoms with Crippen molar-refractivity contribution in [3.05, 3.63) is 119 Å². The van der Waals surface area contributed by atoms with Crippen LogP contribution >= 0.6 is 0 Å². The first kappa shape index (κ1) is 20.1. The van der Waals surface area contributed by atoms with Crippen molar-refractivity contribution >= 4 is 0 Å². The molecular weight excluding hydrogens is 396 g/mol. The number of terminal acetylenes is 1. The van der Waals surface area contributed by atoms with Gasteiger partial charge in [0.15, 0.2) is 0 Å². The number of hydrogen-bond acceptors (Lipinski definition) is 0. The predicted octanol–water partition coefficient (Wildman–Crippen LogP) is 8.42. The monoisotopic (exact) mass is 424 g/mol. The fourth-order valence-corrected chi connectivity index (χ4v) is 6.76. The Morgan fingerprint density at radius 3 is 1.27 bits per heavy atom. The highest BCUT2D eigenvalue weighted by atomic mass is 14.5. The van der Waals surface area contributed by atoms with E-state index in [1.165, 1.54) is 44.5 Å². The highest BCUT2D eigenvalue weighted by Gasteiger charge is 2.50. The fraction of sp³-hybridized carbons (Fsp3) is 0.212. The van der Waals surface area contributed by atoms with E-state index in [1.807, 2.05) is 0 Å². The minimum Gasteiger partial charge on any atom is -0.120 e. The van der Waals surface area contributed by atoms with Crippen LogP contribution in [-0.4, -0.2) is 0 Å². The topological polar surface area (TPSA) is 0 Å². The first-order valence-electron chi connectivity index (χ1n) is 12.0. The van der Waals surface area contributed by atoms with Gasteiger partial charge in [-0.2, -0.15) is 0 Å². The van der Waals surface area contributed by atoms with Crippen LogP contribution in [-0.2, 0) is 0 Å². The van der Waals surface area contributed by atoms with Gasteiger partial charge in [0.25, 0.3) is 0 Å². The normalized spacial score (nSPS) is 14.3. The Hall–Kier alpha value is -3.56. The molecule has 4 aromatic carbocycles. The van der Waals surface area contributed by atoms with Crippen LogP contribution < -0.4 is 0 Å². The van der Waals surface area contributed by atoms with E-state index in [-0.39, 0.29) is 5.41 Å². The minimum atomic E-state index is -0.0116. The molecule has 4 aromatic rings. The van der Waals surface area contributed by atoms with Crippen molar-refractivity contribution in [1.29, 1.82) is 0 Å². The molecule has 0 unspecified atom stereocenters. The van der Waals surface area contributed by atoms with Crippen molar-refractivity contribution in [2.24, 2.45) is 5.41 Å². The summed E-state index contributed by atoms with van der Waals surface area (Å²) < 4.78 is 0. The molecular formula is C33H28. The van der Waals surface area contributed by atoms with E-state index in [0.29, 0.717) is 11.8 Å². The molecule has 0 atom stereocenters. The van der Waals surface area contributed by atoms with Crippen LogP contribution in [0.2, 0.25) is 0 Å². The van der Waals surface area contributed by atoms with Gasteiger partial charge in [-0.05, 0) is 62.8 Å². The quantitative estimate of drug-likeness (QED) is 0.223. The Labute approximate surface area is 197 Å². The van der Waals surface area contributed by atoms with Gasteiger partial charge in [0.2, 0.25) is 0 Å². The Morgan fingerprint density at radius 2 is 0.939 bits per heavy atom. The predicted molar refractivity (Wildman–Crippen MR) is 138 cm³/mol. The van der Waals surface area contributed by atoms with Crippen LogP contribution in [0, 0.1) is 17.8 Å². The van der Waals surface area contributed by atoms with Crippen LogP contribution in [0.5, 0.6) is 0 Å². The number of benzene rings is 4. The lowest BCUT2D eigenvalue weighted by Crippen LogP contribution is -2.32. The molecule has 0 radical (unpaired) electrons. The number of rotatable bonds is 5. The molecule has 0 N–H and O–H groups in total. The van der Waals surface area contributed by atoms with Crippen LogP contribution in [0.3, 0.4) is 0 Å². The molecule has 0 spiro atoms. The molecule has 0 saturated heterocycles. The SMILES string of the molecule is C#CCCCC(C)(C1c2ccccc2-c2ccccc21)C1c2ccccc2-c2ccccc21. The number of fused-ring (bicyclic) bond motifs is 6. The summed E-state index contributed by atoms with van der Waals surface area (Å²) in [6, 6.07) is 36.1. The average molecular weight is 425 g/mol. The van der Waals surface area contributed by atoms with E-state index in [2.05, 4.69) is 110 Å². The van der Waals surface area contributed by atoms with Crippen molar-refractivity contribution in [2.45, 2.75) is 38.0 Å². The molecule has 2 aliphatic carbocycles. The first-order chi connectivity index (χ1) is 16.2. The second-order valence-corrected chi connectivity index (χ2v) is 9.78. The number of unbranched alkanes of at least 4 members (excludes halogenated alkanes) is 1. The van der Waals surface area contributed by atoms with Gasteiger partial charge in [-0.15, -0.1) is 12.3 Å². The number of hydrogen-bond donors (Lipinski definition) is 0. The van der Waals surface area contributed by atoms with Crippen molar-refractivity contribution < 1.29 is 0 Å². The lowest BCUT2D eigenvalue weighted by Gasteiger charge is -2.43. The molecule has 0 nitrogen and oxygen atoms in total. The van der Waals surface area contributed by atoms with E-state index < -0.39 is 0 Å². The molecule has 0 heteroatoms. The van der Waals surface area contributed by atoms with E-state index >= 15 is 0 Å². The molecule has 0 aromatic heterocycles. The van der Waals surface area contributed by atoms with Gasteiger partial charge in [0, 0.05) is 18.3 Å². The second-order valence-electron chi connectivity index (χ2n) is 9.78. The van der Waals surface area contributed by atoms with Gasteiger partial charge in [-0.3, -0.25) is 0 Å². The first-order valence-corrected chi connectivity index (χ1v) is 12.0. The molecule has 0 bridgehead atoms. The third-order valence-electron chi connectivity index (χ3n) is 8.02. The standard InChI is InChI=1S/C33H28/c1-3-4-13-22-33(2,31-27-18-9-5-14-23(27)24-15-6-10-19-28(24)31)32-29-20-11-7-16-25(29)26-17-8-12-21-30(26)32/h1,5-12,14-21,31-32H,4,13,22H2,2H3. The maximum absolute atomic E-state index is 5.72. The molecule has 0 heterocycles. The highest BCUT2D eigenvalue weighted by Crippen LogP contribution is 2.64. The second kappa shape index (κ2) is 7.79. The Bertz CT molecular complexity index is 1200.